The first-order chi connectivity index (χ1) is 17.3. The van der Waals surface area contributed by atoms with E-state index in [4.69, 9.17) is 4.98 Å². The van der Waals surface area contributed by atoms with Crippen LogP contribution in [0.3, 0.4) is 0 Å². The molecule has 35 heavy (non-hydrogen) atoms. The number of nitrogens with zero attached hydrogens (tertiary/aromatic N) is 4. The predicted molar refractivity (Wildman–Crippen MR) is 140 cm³/mol. The zero-order chi connectivity index (χ0) is 22.7. The van der Waals surface area contributed by atoms with Gasteiger partial charge in [-0.25, -0.2) is 9.97 Å². The summed E-state index contributed by atoms with van der Waals surface area (Å²) in [5, 5.41) is 3.60. The minimum atomic E-state index is 0.766. The van der Waals surface area contributed by atoms with Gasteiger partial charge in [-0.2, -0.15) is 0 Å². The van der Waals surface area contributed by atoms with Gasteiger partial charge in [-0.15, -0.1) is 0 Å². The van der Waals surface area contributed by atoms with Crippen LogP contribution in [-0.4, -0.2) is 19.4 Å². The van der Waals surface area contributed by atoms with E-state index in [1.165, 1.54) is 60.7 Å². The summed E-state index contributed by atoms with van der Waals surface area (Å²) in [4.78, 5) is 14.0. The van der Waals surface area contributed by atoms with E-state index in [1.807, 2.05) is 24.7 Å². The molecule has 0 fully saturated rings. The van der Waals surface area contributed by atoms with E-state index >= 15 is 0 Å². The third kappa shape index (κ3) is 2.15. The number of imidazole rings is 1. The van der Waals surface area contributed by atoms with E-state index in [0.29, 0.717) is 0 Å². The second-order valence-corrected chi connectivity index (χ2v) is 9.70. The van der Waals surface area contributed by atoms with Crippen LogP contribution in [0.5, 0.6) is 0 Å². The maximum Gasteiger partial charge on any atom is 0.178 e. The Bertz CT molecular complexity index is 2070. The van der Waals surface area contributed by atoms with Gasteiger partial charge in [0.1, 0.15) is 5.65 Å². The second-order valence-electron chi connectivity index (χ2n) is 9.70. The minimum Gasteiger partial charge on any atom is -0.288 e. The number of aromatic nitrogens is 4. The number of rotatable bonds is 0. The normalized spacial score (nSPS) is 13.5. The summed E-state index contributed by atoms with van der Waals surface area (Å²) >= 11 is 0. The number of hydrogen-bond acceptors (Lipinski definition) is 3. The lowest BCUT2D eigenvalue weighted by Gasteiger charge is -2.12. The molecule has 162 valence electrons. The molecule has 0 bridgehead atoms. The Morgan fingerprint density at radius 3 is 2.63 bits per heavy atom. The molecule has 0 aliphatic heterocycles. The van der Waals surface area contributed by atoms with Crippen LogP contribution in [0.15, 0.2) is 85.3 Å². The highest BCUT2D eigenvalue weighted by atomic mass is 15.1. The fraction of sp³-hybridized carbons (Fsp3) is 0.0645. The summed E-state index contributed by atoms with van der Waals surface area (Å²) in [6, 6.07) is 24.5. The van der Waals surface area contributed by atoms with Crippen molar-refractivity contribution in [2.75, 3.05) is 0 Å². The molecule has 0 unspecified atom stereocenters. The zero-order valence-corrected chi connectivity index (χ0v) is 18.8. The minimum absolute atomic E-state index is 0.766. The Hall–Kier alpha value is -4.57. The largest absolute Gasteiger partial charge is 0.288 e. The van der Waals surface area contributed by atoms with Crippen molar-refractivity contribution in [2.24, 2.45) is 0 Å². The number of hydrogen-bond donors (Lipinski definition) is 0. The Kier molecular flexibility index (Phi) is 3.11. The maximum atomic E-state index is 5.00. The quantitative estimate of drug-likeness (QED) is 0.243. The molecule has 9 rings (SSSR count). The van der Waals surface area contributed by atoms with Crippen LogP contribution in [0.4, 0.5) is 0 Å². The fourth-order valence-electron chi connectivity index (χ4n) is 6.51. The van der Waals surface area contributed by atoms with Gasteiger partial charge in [-0.3, -0.25) is 9.38 Å². The molecule has 4 aromatic heterocycles. The van der Waals surface area contributed by atoms with Crippen molar-refractivity contribution in [1.29, 1.82) is 0 Å². The van der Waals surface area contributed by atoms with Crippen molar-refractivity contribution in [2.45, 2.75) is 12.8 Å². The van der Waals surface area contributed by atoms with Crippen LogP contribution >= 0.6 is 0 Å². The monoisotopic (exact) mass is 446 g/mol. The first-order valence-electron chi connectivity index (χ1n) is 12.0. The molecule has 0 amide bonds. The molecule has 2 aliphatic rings. The van der Waals surface area contributed by atoms with Gasteiger partial charge >= 0.3 is 0 Å². The number of benzene rings is 3. The Labute approximate surface area is 200 Å². The topological polar surface area (TPSA) is 43.1 Å². The van der Waals surface area contributed by atoms with Crippen molar-refractivity contribution in [1.82, 2.24) is 19.4 Å². The molecular formula is C31H18N4. The zero-order valence-electron chi connectivity index (χ0n) is 18.8. The van der Waals surface area contributed by atoms with Crippen molar-refractivity contribution >= 4 is 38.5 Å². The van der Waals surface area contributed by atoms with Gasteiger partial charge in [0, 0.05) is 23.2 Å². The molecule has 0 saturated carbocycles. The molecule has 0 atom stereocenters. The van der Waals surface area contributed by atoms with E-state index in [1.54, 1.807) is 0 Å². The first kappa shape index (κ1) is 17.8. The van der Waals surface area contributed by atoms with Crippen LogP contribution in [0, 0.1) is 0 Å². The molecule has 4 heteroatoms. The smallest absolute Gasteiger partial charge is 0.178 e. The van der Waals surface area contributed by atoms with Crippen molar-refractivity contribution in [3.8, 4) is 22.3 Å². The van der Waals surface area contributed by atoms with E-state index in [0.717, 1.165) is 35.2 Å². The Balaban J connectivity index is 1.42. The SMILES string of the molecule is c1ccc2c(c1)Cc1c-2ccc2c1-c1cc3c(cc1C2)c1ccncc1n1c2cccnc2nc31. The Morgan fingerprint density at radius 2 is 1.63 bits per heavy atom. The van der Waals surface area contributed by atoms with E-state index in [-0.39, 0.29) is 0 Å². The molecule has 0 spiro atoms. The number of fused-ring (bicyclic) bond motifs is 15. The summed E-state index contributed by atoms with van der Waals surface area (Å²) in [5.74, 6) is 0. The summed E-state index contributed by atoms with van der Waals surface area (Å²) in [6.07, 6.45) is 7.62. The summed E-state index contributed by atoms with van der Waals surface area (Å²) in [7, 11) is 0. The first-order valence-corrected chi connectivity index (χ1v) is 12.0. The molecule has 0 radical (unpaired) electrons. The van der Waals surface area contributed by atoms with Gasteiger partial charge in [0.2, 0.25) is 0 Å². The van der Waals surface area contributed by atoms with Crippen molar-refractivity contribution < 1.29 is 0 Å². The van der Waals surface area contributed by atoms with Gasteiger partial charge in [0.15, 0.2) is 5.65 Å². The second kappa shape index (κ2) is 6.10. The van der Waals surface area contributed by atoms with Crippen LogP contribution in [0.1, 0.15) is 22.3 Å². The molecule has 4 nitrogen and oxygen atoms in total. The third-order valence-electron chi connectivity index (χ3n) is 7.97. The highest BCUT2D eigenvalue weighted by Crippen LogP contribution is 2.49. The lowest BCUT2D eigenvalue weighted by molar-refractivity contribution is 1.23. The number of pyridine rings is 3. The molecule has 7 aromatic rings. The molecule has 3 aromatic carbocycles. The average molecular weight is 447 g/mol. The Morgan fingerprint density at radius 1 is 0.657 bits per heavy atom. The molecular weight excluding hydrogens is 428 g/mol. The third-order valence-corrected chi connectivity index (χ3v) is 7.97. The highest BCUT2D eigenvalue weighted by Gasteiger charge is 2.29. The van der Waals surface area contributed by atoms with Gasteiger partial charge in [0.25, 0.3) is 0 Å². The van der Waals surface area contributed by atoms with E-state index in [2.05, 4.69) is 75.0 Å². The van der Waals surface area contributed by atoms with Crippen LogP contribution in [0.2, 0.25) is 0 Å². The summed E-state index contributed by atoms with van der Waals surface area (Å²) in [5.41, 5.74) is 15.1. The van der Waals surface area contributed by atoms with Crippen LogP contribution in [-0.2, 0) is 12.8 Å². The van der Waals surface area contributed by atoms with E-state index < -0.39 is 0 Å². The standard InChI is InChI=1S/C31H18N4/c1-2-5-20-17(4-1)13-25-21(20)8-7-18-12-19-14-24-22-9-11-32-16-28(22)35-27-6-3-10-33-30(27)34-31(35)26(24)15-23(19)29(18)25/h1-11,14-16H,12-13H2. The van der Waals surface area contributed by atoms with Gasteiger partial charge < -0.3 is 0 Å². The molecule has 0 saturated heterocycles. The lowest BCUT2D eigenvalue weighted by atomic mass is 9.94. The highest BCUT2D eigenvalue weighted by molar-refractivity contribution is 6.15. The molecule has 0 N–H and O–H groups in total. The maximum absolute atomic E-state index is 5.00. The van der Waals surface area contributed by atoms with Gasteiger partial charge in [-0.05, 0) is 93.1 Å². The fourth-order valence-corrected chi connectivity index (χ4v) is 6.51. The summed E-state index contributed by atoms with van der Waals surface area (Å²) in [6.45, 7) is 0. The molecule has 4 heterocycles. The van der Waals surface area contributed by atoms with Crippen molar-refractivity contribution in [3.63, 3.8) is 0 Å². The van der Waals surface area contributed by atoms with Crippen molar-refractivity contribution in [3.05, 3.63) is 108 Å². The average Bonchev–Trinajstić information content (AvgIpc) is 3.58. The molecule has 2 aliphatic carbocycles. The van der Waals surface area contributed by atoms with Crippen LogP contribution < -0.4 is 0 Å². The van der Waals surface area contributed by atoms with E-state index in [9.17, 15) is 0 Å². The van der Waals surface area contributed by atoms with Gasteiger partial charge in [0.05, 0.1) is 17.2 Å². The summed E-state index contributed by atoms with van der Waals surface area (Å²) < 4.78 is 2.22. The van der Waals surface area contributed by atoms with Crippen LogP contribution in [0.25, 0.3) is 60.7 Å². The predicted octanol–water partition coefficient (Wildman–Crippen LogP) is 6.73. The lowest BCUT2D eigenvalue weighted by Crippen LogP contribution is -1.94. The van der Waals surface area contributed by atoms with Gasteiger partial charge in [-0.1, -0.05) is 36.4 Å².